The minimum absolute atomic E-state index is 0.0983. The van der Waals surface area contributed by atoms with E-state index in [0.717, 1.165) is 11.3 Å². The number of fused-ring (bicyclic) bond motifs is 1. The van der Waals surface area contributed by atoms with Crippen molar-refractivity contribution in [3.63, 3.8) is 0 Å². The summed E-state index contributed by atoms with van der Waals surface area (Å²) in [6.45, 7) is 4.02. The van der Waals surface area contributed by atoms with Crippen molar-refractivity contribution in [2.45, 2.75) is 18.7 Å². The SMILES string of the molecule is CCOc1ccccc1S(=O)(=O)Nc1ccc(-c2ccc3nnc(C)n3n2)cc1. The first-order valence-corrected chi connectivity index (χ1v) is 10.5. The van der Waals surface area contributed by atoms with Crippen LogP contribution in [0.15, 0.2) is 65.6 Å². The van der Waals surface area contributed by atoms with Crippen LogP contribution in [0.25, 0.3) is 16.9 Å². The summed E-state index contributed by atoms with van der Waals surface area (Å²) in [5, 5.41) is 12.5. The lowest BCUT2D eigenvalue weighted by atomic mass is 10.1. The molecule has 0 bridgehead atoms. The topological polar surface area (TPSA) is 98.5 Å². The number of sulfonamides is 1. The molecule has 2 heterocycles. The molecule has 2 aromatic carbocycles. The normalized spacial score (nSPS) is 11.5. The van der Waals surface area contributed by atoms with Crippen LogP contribution in [0.5, 0.6) is 5.75 Å². The molecule has 0 radical (unpaired) electrons. The number of rotatable bonds is 6. The summed E-state index contributed by atoms with van der Waals surface area (Å²) >= 11 is 0. The maximum atomic E-state index is 12.8. The molecule has 9 heteroatoms. The third-order valence-corrected chi connectivity index (χ3v) is 5.71. The maximum Gasteiger partial charge on any atom is 0.265 e. The van der Waals surface area contributed by atoms with Crippen LogP contribution in [-0.2, 0) is 10.0 Å². The van der Waals surface area contributed by atoms with Gasteiger partial charge in [-0.1, -0.05) is 24.3 Å². The molecule has 1 N–H and O–H groups in total. The number of aromatic nitrogens is 4. The number of ether oxygens (including phenoxy) is 1. The van der Waals surface area contributed by atoms with E-state index in [-0.39, 0.29) is 4.90 Å². The summed E-state index contributed by atoms with van der Waals surface area (Å²) in [5.41, 5.74) is 2.69. The Morgan fingerprint density at radius 2 is 1.76 bits per heavy atom. The van der Waals surface area contributed by atoms with Crippen LogP contribution in [0.4, 0.5) is 5.69 Å². The van der Waals surface area contributed by atoms with Gasteiger partial charge in [-0.25, -0.2) is 8.42 Å². The highest BCUT2D eigenvalue weighted by Crippen LogP contribution is 2.27. The van der Waals surface area contributed by atoms with Gasteiger partial charge in [0.25, 0.3) is 10.0 Å². The van der Waals surface area contributed by atoms with Gasteiger partial charge in [0.1, 0.15) is 10.6 Å². The van der Waals surface area contributed by atoms with Gasteiger partial charge in [0.2, 0.25) is 0 Å². The summed E-state index contributed by atoms with van der Waals surface area (Å²) in [7, 11) is -3.78. The van der Waals surface area contributed by atoms with Crippen molar-refractivity contribution in [3.8, 4) is 17.0 Å². The van der Waals surface area contributed by atoms with E-state index >= 15 is 0 Å². The van der Waals surface area contributed by atoms with Crippen LogP contribution in [0.3, 0.4) is 0 Å². The fourth-order valence-corrected chi connectivity index (χ4v) is 4.12. The Morgan fingerprint density at radius 3 is 2.52 bits per heavy atom. The number of aryl methyl sites for hydroxylation is 1. The third kappa shape index (κ3) is 3.77. The fraction of sp³-hybridized carbons (Fsp3) is 0.150. The Hall–Kier alpha value is -3.46. The van der Waals surface area contributed by atoms with Gasteiger partial charge in [0.15, 0.2) is 11.5 Å². The molecule has 148 valence electrons. The number of anilines is 1. The van der Waals surface area contributed by atoms with Crippen molar-refractivity contribution in [1.29, 1.82) is 0 Å². The number of benzene rings is 2. The van der Waals surface area contributed by atoms with E-state index in [0.29, 0.717) is 29.5 Å². The molecule has 0 aliphatic carbocycles. The molecular weight excluding hydrogens is 390 g/mol. The van der Waals surface area contributed by atoms with Crippen LogP contribution >= 0.6 is 0 Å². The second-order valence-corrected chi connectivity index (χ2v) is 7.95. The number of nitrogens with one attached hydrogen (secondary N) is 1. The summed E-state index contributed by atoms with van der Waals surface area (Å²) in [5.74, 6) is 1.01. The molecule has 29 heavy (non-hydrogen) atoms. The highest BCUT2D eigenvalue weighted by atomic mass is 32.2. The minimum Gasteiger partial charge on any atom is -0.492 e. The summed E-state index contributed by atoms with van der Waals surface area (Å²) in [6.07, 6.45) is 0. The van der Waals surface area contributed by atoms with Gasteiger partial charge in [0, 0.05) is 11.3 Å². The third-order valence-electron chi connectivity index (χ3n) is 4.29. The number of para-hydroxylation sites is 1. The molecule has 0 saturated carbocycles. The number of nitrogens with zero attached hydrogens (tertiary/aromatic N) is 4. The molecule has 0 amide bonds. The van der Waals surface area contributed by atoms with Crippen LogP contribution < -0.4 is 9.46 Å². The van der Waals surface area contributed by atoms with Gasteiger partial charge < -0.3 is 4.74 Å². The van der Waals surface area contributed by atoms with Gasteiger partial charge in [-0.15, -0.1) is 10.2 Å². The van der Waals surface area contributed by atoms with Crippen LogP contribution in [0.2, 0.25) is 0 Å². The van der Waals surface area contributed by atoms with Crippen molar-refractivity contribution < 1.29 is 13.2 Å². The van der Waals surface area contributed by atoms with Gasteiger partial charge in [0.05, 0.1) is 12.3 Å². The fourth-order valence-electron chi connectivity index (χ4n) is 2.92. The Balaban J connectivity index is 1.60. The zero-order valence-electron chi connectivity index (χ0n) is 15.9. The summed E-state index contributed by atoms with van der Waals surface area (Å²) < 4.78 is 35.3. The molecule has 4 aromatic rings. The zero-order chi connectivity index (χ0) is 20.4. The van der Waals surface area contributed by atoms with Crippen molar-refractivity contribution in [2.75, 3.05) is 11.3 Å². The Kier molecular flexibility index (Phi) is 4.89. The van der Waals surface area contributed by atoms with Crippen LogP contribution in [0.1, 0.15) is 12.7 Å². The first-order valence-electron chi connectivity index (χ1n) is 9.02. The van der Waals surface area contributed by atoms with E-state index in [1.165, 1.54) is 6.07 Å². The highest BCUT2D eigenvalue weighted by Gasteiger charge is 2.19. The monoisotopic (exact) mass is 409 g/mol. The summed E-state index contributed by atoms with van der Waals surface area (Å²) in [6, 6.07) is 17.2. The molecule has 0 aliphatic heterocycles. The van der Waals surface area contributed by atoms with Gasteiger partial charge >= 0.3 is 0 Å². The van der Waals surface area contributed by atoms with E-state index < -0.39 is 10.0 Å². The van der Waals surface area contributed by atoms with Crippen molar-refractivity contribution in [1.82, 2.24) is 19.8 Å². The molecule has 0 spiro atoms. The highest BCUT2D eigenvalue weighted by molar-refractivity contribution is 7.92. The molecule has 0 atom stereocenters. The van der Waals surface area contributed by atoms with Crippen LogP contribution in [0, 0.1) is 6.92 Å². The molecule has 4 rings (SSSR count). The minimum atomic E-state index is -3.78. The zero-order valence-corrected chi connectivity index (χ0v) is 16.7. The molecule has 0 unspecified atom stereocenters. The lowest BCUT2D eigenvalue weighted by Crippen LogP contribution is -2.14. The lowest BCUT2D eigenvalue weighted by molar-refractivity contribution is 0.331. The van der Waals surface area contributed by atoms with Crippen molar-refractivity contribution in [3.05, 3.63) is 66.5 Å². The first kappa shape index (κ1) is 18.9. The average molecular weight is 409 g/mol. The maximum absolute atomic E-state index is 12.8. The first-order chi connectivity index (χ1) is 14.0. The van der Waals surface area contributed by atoms with Crippen molar-refractivity contribution in [2.24, 2.45) is 0 Å². The largest absolute Gasteiger partial charge is 0.492 e. The van der Waals surface area contributed by atoms with Crippen LogP contribution in [-0.4, -0.2) is 34.8 Å². The Labute approximate surface area is 168 Å². The lowest BCUT2D eigenvalue weighted by Gasteiger charge is -2.12. The molecule has 0 aliphatic rings. The Bertz CT molecular complexity index is 1270. The average Bonchev–Trinajstić information content (AvgIpc) is 3.09. The molecular formula is C20H19N5O3S. The van der Waals surface area contributed by atoms with E-state index in [1.807, 2.05) is 26.0 Å². The van der Waals surface area contributed by atoms with E-state index in [4.69, 9.17) is 4.74 Å². The molecule has 0 saturated heterocycles. The van der Waals surface area contributed by atoms with Gasteiger partial charge in [-0.05, 0) is 50.2 Å². The van der Waals surface area contributed by atoms with Crippen molar-refractivity contribution >= 4 is 21.4 Å². The number of hydrogen-bond donors (Lipinski definition) is 1. The summed E-state index contributed by atoms with van der Waals surface area (Å²) in [4.78, 5) is 0.0983. The second kappa shape index (κ2) is 7.51. The molecule has 8 nitrogen and oxygen atoms in total. The van der Waals surface area contributed by atoms with E-state index in [9.17, 15) is 8.42 Å². The predicted octanol–water partition coefficient (Wildman–Crippen LogP) is 3.30. The van der Waals surface area contributed by atoms with E-state index in [2.05, 4.69) is 20.0 Å². The standard InChI is InChI=1S/C20H19N5O3S/c1-3-28-18-6-4-5-7-19(18)29(26,27)24-16-10-8-15(9-11-16)17-12-13-20-22-21-14(2)25(20)23-17/h4-13,24H,3H2,1-2H3. The van der Waals surface area contributed by atoms with Gasteiger partial charge in [-0.2, -0.15) is 9.61 Å². The quantitative estimate of drug-likeness (QED) is 0.525. The molecule has 2 aromatic heterocycles. The molecule has 0 fully saturated rings. The number of hydrogen-bond acceptors (Lipinski definition) is 6. The van der Waals surface area contributed by atoms with E-state index in [1.54, 1.807) is 47.0 Å². The Morgan fingerprint density at radius 1 is 1.00 bits per heavy atom. The van der Waals surface area contributed by atoms with Gasteiger partial charge in [-0.3, -0.25) is 4.72 Å². The predicted molar refractivity (Wildman–Crippen MR) is 109 cm³/mol. The second-order valence-electron chi connectivity index (χ2n) is 6.30. The smallest absolute Gasteiger partial charge is 0.265 e.